The van der Waals surface area contributed by atoms with E-state index in [0.717, 1.165) is 0 Å². The van der Waals surface area contributed by atoms with Crippen molar-refractivity contribution in [2.75, 3.05) is 6.54 Å². The van der Waals surface area contributed by atoms with E-state index in [4.69, 9.17) is 11.5 Å². The molecule has 0 aromatic rings. The molecule has 0 heterocycles. The zero-order valence-corrected chi connectivity index (χ0v) is 17.4. The quantitative estimate of drug-likeness (QED) is 0.209. The van der Waals surface area contributed by atoms with Gasteiger partial charge in [-0.1, -0.05) is 34.1 Å². The van der Waals surface area contributed by atoms with Gasteiger partial charge < -0.3 is 32.5 Å². The minimum atomic E-state index is -1.17. The van der Waals surface area contributed by atoms with Gasteiger partial charge in [-0.05, 0) is 18.3 Å². The number of carboxylic acid groups (broad SMARTS) is 1. The van der Waals surface area contributed by atoms with E-state index in [-0.39, 0.29) is 24.7 Å². The summed E-state index contributed by atoms with van der Waals surface area (Å²) >= 11 is 0. The normalized spacial score (nSPS) is 15.0. The molecule has 29 heavy (non-hydrogen) atoms. The minimum Gasteiger partial charge on any atom is -0.480 e. The van der Waals surface area contributed by atoms with E-state index in [1.807, 2.05) is 0 Å². The van der Waals surface area contributed by atoms with Gasteiger partial charge in [0.2, 0.25) is 23.6 Å². The first kappa shape index (κ1) is 26.3. The molecular formula is C18H33N5O6. The Balaban J connectivity index is 4.94. The molecule has 0 saturated heterocycles. The lowest BCUT2D eigenvalue weighted by molar-refractivity contribution is -0.143. The molecule has 0 rings (SSSR count). The molecule has 4 unspecified atom stereocenters. The molecule has 0 bridgehead atoms. The van der Waals surface area contributed by atoms with E-state index in [1.165, 1.54) is 0 Å². The van der Waals surface area contributed by atoms with E-state index >= 15 is 0 Å². The first-order chi connectivity index (χ1) is 13.4. The van der Waals surface area contributed by atoms with Gasteiger partial charge in [0.15, 0.2) is 0 Å². The van der Waals surface area contributed by atoms with Gasteiger partial charge in [0.05, 0.1) is 12.6 Å². The van der Waals surface area contributed by atoms with Crippen LogP contribution in [-0.2, 0) is 24.0 Å². The summed E-state index contributed by atoms with van der Waals surface area (Å²) in [7, 11) is 0. The van der Waals surface area contributed by atoms with Gasteiger partial charge in [-0.25, -0.2) is 4.79 Å². The van der Waals surface area contributed by atoms with Gasteiger partial charge in [-0.15, -0.1) is 0 Å². The molecule has 0 saturated carbocycles. The first-order valence-corrected chi connectivity index (χ1v) is 9.54. The maximum atomic E-state index is 12.4. The summed E-state index contributed by atoms with van der Waals surface area (Å²) in [6, 6.07) is -3.05. The Hall–Kier alpha value is -2.69. The number of hydrogen-bond donors (Lipinski definition) is 6. The van der Waals surface area contributed by atoms with Gasteiger partial charge in [-0.3, -0.25) is 19.2 Å². The lowest BCUT2D eigenvalue weighted by atomic mass is 9.99. The van der Waals surface area contributed by atoms with Crippen molar-refractivity contribution in [1.82, 2.24) is 16.0 Å². The number of carbonyl (C=O) groups is 5. The van der Waals surface area contributed by atoms with Crippen LogP contribution in [0.4, 0.5) is 0 Å². The van der Waals surface area contributed by atoms with E-state index in [1.54, 1.807) is 27.7 Å². The van der Waals surface area contributed by atoms with Crippen LogP contribution in [0, 0.1) is 11.8 Å². The van der Waals surface area contributed by atoms with Gasteiger partial charge in [-0.2, -0.15) is 0 Å². The second-order valence-corrected chi connectivity index (χ2v) is 7.32. The highest BCUT2D eigenvalue weighted by Gasteiger charge is 2.27. The number of carboxylic acids is 1. The van der Waals surface area contributed by atoms with Crippen molar-refractivity contribution in [3.8, 4) is 0 Å². The molecule has 0 radical (unpaired) electrons. The molecule has 4 atom stereocenters. The van der Waals surface area contributed by atoms with Crippen LogP contribution in [0.3, 0.4) is 0 Å². The van der Waals surface area contributed by atoms with E-state index in [0.29, 0.717) is 6.42 Å². The van der Waals surface area contributed by atoms with Crippen molar-refractivity contribution in [2.45, 2.75) is 65.1 Å². The maximum absolute atomic E-state index is 12.4. The highest BCUT2D eigenvalue weighted by atomic mass is 16.4. The summed E-state index contributed by atoms with van der Waals surface area (Å²) in [4.78, 5) is 58.8. The Morgan fingerprint density at radius 2 is 1.59 bits per heavy atom. The van der Waals surface area contributed by atoms with Crippen molar-refractivity contribution in [2.24, 2.45) is 23.3 Å². The zero-order chi connectivity index (χ0) is 22.7. The fraction of sp³-hybridized carbons (Fsp3) is 0.722. The first-order valence-electron chi connectivity index (χ1n) is 9.54. The molecule has 11 nitrogen and oxygen atoms in total. The summed E-state index contributed by atoms with van der Waals surface area (Å²) in [5.41, 5.74) is 10.9. The van der Waals surface area contributed by atoms with Crippen LogP contribution in [0.5, 0.6) is 0 Å². The highest BCUT2D eigenvalue weighted by molar-refractivity contribution is 5.93. The van der Waals surface area contributed by atoms with E-state index < -0.39 is 54.3 Å². The number of primary amides is 1. The van der Waals surface area contributed by atoms with Crippen LogP contribution < -0.4 is 27.4 Å². The van der Waals surface area contributed by atoms with Crippen molar-refractivity contribution >= 4 is 29.6 Å². The van der Waals surface area contributed by atoms with Crippen molar-refractivity contribution in [3.05, 3.63) is 0 Å². The Kier molecular flexibility index (Phi) is 11.5. The largest absolute Gasteiger partial charge is 0.480 e. The molecule has 11 heteroatoms. The predicted molar refractivity (Wildman–Crippen MR) is 105 cm³/mol. The number of nitrogens with two attached hydrogens (primary N) is 2. The van der Waals surface area contributed by atoms with Gasteiger partial charge in [0.1, 0.15) is 12.1 Å². The summed E-state index contributed by atoms with van der Waals surface area (Å²) in [5, 5.41) is 16.3. The fourth-order valence-electron chi connectivity index (χ4n) is 2.32. The second kappa shape index (κ2) is 12.7. The van der Waals surface area contributed by atoms with Crippen LogP contribution in [0.15, 0.2) is 0 Å². The van der Waals surface area contributed by atoms with E-state index in [2.05, 4.69) is 16.0 Å². The van der Waals surface area contributed by atoms with Gasteiger partial charge >= 0.3 is 5.97 Å². The standard InChI is InChI=1S/C18H33N5O6/c1-5-10(4)15(18(28)29)23-13(25)8-21-16(26)11(6-7-12(19)24)22-17(27)14(20)9(2)3/h9-11,14-15H,5-8,20H2,1-4H3,(H2,19,24)(H,21,26)(H,22,27)(H,23,25)(H,28,29). The average molecular weight is 415 g/mol. The third-order valence-corrected chi connectivity index (χ3v) is 4.55. The molecule has 0 fully saturated rings. The summed E-state index contributed by atoms with van der Waals surface area (Å²) in [6.45, 7) is 6.47. The van der Waals surface area contributed by atoms with Crippen molar-refractivity contribution < 1.29 is 29.1 Å². The molecule has 166 valence electrons. The van der Waals surface area contributed by atoms with Crippen molar-refractivity contribution in [1.29, 1.82) is 0 Å². The van der Waals surface area contributed by atoms with E-state index in [9.17, 15) is 29.1 Å². The number of nitrogens with one attached hydrogen (secondary N) is 3. The second-order valence-electron chi connectivity index (χ2n) is 7.32. The number of aliphatic carboxylic acids is 1. The third kappa shape index (κ3) is 9.88. The third-order valence-electron chi connectivity index (χ3n) is 4.55. The summed E-state index contributed by atoms with van der Waals surface area (Å²) in [5.74, 6) is -4.27. The molecule has 8 N–H and O–H groups in total. The number of rotatable bonds is 13. The predicted octanol–water partition coefficient (Wildman–Crippen LogP) is -1.55. The molecule has 4 amide bonds. The summed E-state index contributed by atoms with van der Waals surface area (Å²) in [6.07, 6.45) is 0.321. The highest BCUT2D eigenvalue weighted by Crippen LogP contribution is 2.07. The lowest BCUT2D eigenvalue weighted by Crippen LogP contribution is -2.54. The number of carbonyl (C=O) groups excluding carboxylic acids is 4. The van der Waals surface area contributed by atoms with Crippen LogP contribution in [0.25, 0.3) is 0 Å². The van der Waals surface area contributed by atoms with Crippen LogP contribution >= 0.6 is 0 Å². The Morgan fingerprint density at radius 3 is 2.03 bits per heavy atom. The Labute approximate surface area is 170 Å². The Bertz CT molecular complexity index is 610. The smallest absolute Gasteiger partial charge is 0.326 e. The molecule has 0 spiro atoms. The average Bonchev–Trinajstić information content (AvgIpc) is 2.65. The molecule has 0 aromatic heterocycles. The molecular weight excluding hydrogens is 382 g/mol. The fourth-order valence-corrected chi connectivity index (χ4v) is 2.32. The van der Waals surface area contributed by atoms with Crippen LogP contribution in [0.1, 0.15) is 47.0 Å². The minimum absolute atomic E-state index is 0.0655. The zero-order valence-electron chi connectivity index (χ0n) is 17.4. The molecule has 0 aromatic carbocycles. The molecule has 0 aliphatic heterocycles. The topological polar surface area (TPSA) is 194 Å². The van der Waals surface area contributed by atoms with Crippen LogP contribution in [0.2, 0.25) is 0 Å². The van der Waals surface area contributed by atoms with Gasteiger partial charge in [0.25, 0.3) is 0 Å². The van der Waals surface area contributed by atoms with Crippen LogP contribution in [-0.4, -0.2) is 59.4 Å². The number of amides is 4. The van der Waals surface area contributed by atoms with Crippen molar-refractivity contribution in [3.63, 3.8) is 0 Å². The number of hydrogen-bond acceptors (Lipinski definition) is 6. The summed E-state index contributed by atoms with van der Waals surface area (Å²) < 4.78 is 0. The lowest BCUT2D eigenvalue weighted by Gasteiger charge is -2.23. The Morgan fingerprint density at radius 1 is 1.00 bits per heavy atom. The molecule has 0 aliphatic rings. The maximum Gasteiger partial charge on any atom is 0.326 e. The molecule has 0 aliphatic carbocycles. The monoisotopic (exact) mass is 415 g/mol. The van der Waals surface area contributed by atoms with Gasteiger partial charge in [0, 0.05) is 6.42 Å². The SMILES string of the molecule is CCC(C)C(NC(=O)CNC(=O)C(CCC(N)=O)NC(=O)C(N)C(C)C)C(=O)O.